The van der Waals surface area contributed by atoms with E-state index in [0.717, 1.165) is 37.7 Å². The van der Waals surface area contributed by atoms with Gasteiger partial charge in [0.1, 0.15) is 5.82 Å². The van der Waals surface area contributed by atoms with Gasteiger partial charge in [-0.3, -0.25) is 4.90 Å². The Balaban J connectivity index is 0.000000902. The van der Waals surface area contributed by atoms with Gasteiger partial charge in [-0.1, -0.05) is 17.7 Å². The van der Waals surface area contributed by atoms with Gasteiger partial charge in [-0.25, -0.2) is 4.39 Å². The summed E-state index contributed by atoms with van der Waals surface area (Å²) in [6.45, 7) is 4.18. The molecular formula is C13H18Cl3FN2. The Morgan fingerprint density at radius 2 is 2.11 bits per heavy atom. The van der Waals surface area contributed by atoms with Crippen molar-refractivity contribution >= 4 is 36.4 Å². The van der Waals surface area contributed by atoms with Crippen LogP contribution in [-0.2, 0) is 6.54 Å². The highest BCUT2D eigenvalue weighted by Gasteiger charge is 2.35. The summed E-state index contributed by atoms with van der Waals surface area (Å²) in [4.78, 5) is 2.39. The summed E-state index contributed by atoms with van der Waals surface area (Å²) >= 11 is 5.68. The fourth-order valence-electron chi connectivity index (χ4n) is 2.96. The van der Waals surface area contributed by atoms with Gasteiger partial charge in [-0.15, -0.1) is 24.8 Å². The van der Waals surface area contributed by atoms with E-state index in [9.17, 15) is 4.39 Å². The highest BCUT2D eigenvalue weighted by molar-refractivity contribution is 6.30. The van der Waals surface area contributed by atoms with Crippen molar-refractivity contribution in [3.05, 3.63) is 34.6 Å². The number of likely N-dealkylation sites (tertiary alicyclic amines) is 1. The monoisotopic (exact) mass is 326 g/mol. The normalized spacial score (nSPS) is 25.6. The average molecular weight is 328 g/mol. The quantitative estimate of drug-likeness (QED) is 0.898. The molecule has 3 rings (SSSR count). The van der Waals surface area contributed by atoms with Crippen LogP contribution in [0.15, 0.2) is 18.2 Å². The number of fused-ring (bicyclic) bond motifs is 1. The van der Waals surface area contributed by atoms with E-state index >= 15 is 0 Å². The van der Waals surface area contributed by atoms with E-state index in [4.69, 9.17) is 11.6 Å². The lowest BCUT2D eigenvalue weighted by Gasteiger charge is -2.16. The molecule has 2 aliphatic heterocycles. The van der Waals surface area contributed by atoms with Gasteiger partial charge < -0.3 is 5.32 Å². The molecule has 2 saturated heterocycles. The molecule has 2 fully saturated rings. The second-order valence-corrected chi connectivity index (χ2v) is 5.46. The second-order valence-electron chi connectivity index (χ2n) is 5.05. The first-order valence-electron chi connectivity index (χ1n) is 6.12. The zero-order chi connectivity index (χ0) is 11.8. The number of benzene rings is 1. The molecule has 0 bridgehead atoms. The topological polar surface area (TPSA) is 15.3 Å². The van der Waals surface area contributed by atoms with Crippen molar-refractivity contribution in [2.24, 2.45) is 5.92 Å². The Hall–Kier alpha value is -0.0600. The molecule has 0 spiro atoms. The van der Waals surface area contributed by atoms with Crippen molar-refractivity contribution in [1.29, 1.82) is 0 Å². The lowest BCUT2D eigenvalue weighted by molar-refractivity contribution is 0.306. The third-order valence-electron chi connectivity index (χ3n) is 3.83. The van der Waals surface area contributed by atoms with Gasteiger partial charge in [0.2, 0.25) is 0 Å². The molecule has 0 aliphatic carbocycles. The Bertz CT molecular complexity index is 418. The van der Waals surface area contributed by atoms with E-state index in [1.54, 1.807) is 12.1 Å². The number of halogens is 4. The smallest absolute Gasteiger partial charge is 0.142 e. The van der Waals surface area contributed by atoms with Crippen molar-refractivity contribution in [1.82, 2.24) is 10.2 Å². The summed E-state index contributed by atoms with van der Waals surface area (Å²) in [5.41, 5.74) is 1.01. The van der Waals surface area contributed by atoms with Gasteiger partial charge in [0, 0.05) is 25.7 Å². The van der Waals surface area contributed by atoms with Gasteiger partial charge in [0.15, 0.2) is 0 Å². The number of nitrogens with one attached hydrogen (secondary N) is 1. The zero-order valence-corrected chi connectivity index (χ0v) is 12.8. The summed E-state index contributed by atoms with van der Waals surface area (Å²) < 4.78 is 13.3. The SMILES string of the molecule is Cl.Cl.Fc1cc(CN2C[C@H]3CCN[C@H]3C2)ccc1Cl. The van der Waals surface area contributed by atoms with E-state index < -0.39 is 0 Å². The fourth-order valence-corrected chi connectivity index (χ4v) is 3.08. The Labute approximate surface area is 130 Å². The van der Waals surface area contributed by atoms with Gasteiger partial charge in [-0.05, 0) is 36.6 Å². The molecule has 0 radical (unpaired) electrons. The van der Waals surface area contributed by atoms with Crippen LogP contribution in [0.4, 0.5) is 4.39 Å². The maximum atomic E-state index is 13.3. The van der Waals surface area contributed by atoms with Crippen LogP contribution in [0.2, 0.25) is 5.02 Å². The van der Waals surface area contributed by atoms with Crippen LogP contribution >= 0.6 is 36.4 Å². The van der Waals surface area contributed by atoms with Crippen LogP contribution in [-0.4, -0.2) is 30.6 Å². The molecule has 19 heavy (non-hydrogen) atoms. The minimum Gasteiger partial charge on any atom is -0.312 e. The highest BCUT2D eigenvalue weighted by Crippen LogP contribution is 2.26. The average Bonchev–Trinajstić information content (AvgIpc) is 2.84. The molecule has 2 aliphatic rings. The molecule has 1 aromatic rings. The Kier molecular flexibility index (Phi) is 6.34. The van der Waals surface area contributed by atoms with Crippen molar-refractivity contribution in [3.63, 3.8) is 0 Å². The predicted octanol–water partition coefficient (Wildman–Crippen LogP) is 3.12. The fraction of sp³-hybridized carbons (Fsp3) is 0.538. The molecular weight excluding hydrogens is 310 g/mol. The lowest BCUT2D eigenvalue weighted by atomic mass is 10.1. The summed E-state index contributed by atoms with van der Waals surface area (Å²) in [6, 6.07) is 5.74. The molecule has 0 aromatic heterocycles. The van der Waals surface area contributed by atoms with Gasteiger partial charge >= 0.3 is 0 Å². The summed E-state index contributed by atoms with van der Waals surface area (Å²) in [7, 11) is 0. The summed E-state index contributed by atoms with van der Waals surface area (Å²) in [6.07, 6.45) is 1.27. The molecule has 0 saturated carbocycles. The first kappa shape index (κ1) is 17.0. The van der Waals surface area contributed by atoms with Crippen LogP contribution < -0.4 is 5.32 Å². The van der Waals surface area contributed by atoms with Crippen LogP contribution in [0.5, 0.6) is 0 Å². The van der Waals surface area contributed by atoms with Crippen LogP contribution in [0.3, 0.4) is 0 Å². The van der Waals surface area contributed by atoms with Crippen LogP contribution in [0, 0.1) is 11.7 Å². The molecule has 2 atom stereocenters. The number of rotatable bonds is 2. The van der Waals surface area contributed by atoms with Crippen LogP contribution in [0.25, 0.3) is 0 Å². The molecule has 0 amide bonds. The third kappa shape index (κ3) is 3.73. The third-order valence-corrected chi connectivity index (χ3v) is 4.14. The van der Waals surface area contributed by atoms with Crippen LogP contribution in [0.1, 0.15) is 12.0 Å². The lowest BCUT2D eigenvalue weighted by Crippen LogP contribution is -2.29. The number of hydrogen-bond donors (Lipinski definition) is 1. The van der Waals surface area contributed by atoms with Gasteiger partial charge in [0.05, 0.1) is 5.02 Å². The van der Waals surface area contributed by atoms with E-state index in [-0.39, 0.29) is 35.7 Å². The van der Waals surface area contributed by atoms with E-state index in [2.05, 4.69) is 10.2 Å². The highest BCUT2D eigenvalue weighted by atomic mass is 35.5. The molecule has 2 nitrogen and oxygen atoms in total. The summed E-state index contributed by atoms with van der Waals surface area (Å²) in [5, 5.41) is 3.72. The molecule has 1 N–H and O–H groups in total. The Morgan fingerprint density at radius 3 is 2.79 bits per heavy atom. The first-order chi connectivity index (χ1) is 8.22. The largest absolute Gasteiger partial charge is 0.312 e. The van der Waals surface area contributed by atoms with E-state index in [1.165, 1.54) is 6.42 Å². The molecule has 2 heterocycles. The van der Waals surface area contributed by atoms with Gasteiger partial charge in [0.25, 0.3) is 0 Å². The maximum Gasteiger partial charge on any atom is 0.142 e. The number of nitrogens with zero attached hydrogens (tertiary/aromatic N) is 1. The van der Waals surface area contributed by atoms with Crippen molar-refractivity contribution in [2.75, 3.05) is 19.6 Å². The predicted molar refractivity (Wildman–Crippen MR) is 81.1 cm³/mol. The van der Waals surface area contributed by atoms with Crippen molar-refractivity contribution in [2.45, 2.75) is 19.0 Å². The molecule has 108 valence electrons. The second kappa shape index (κ2) is 7.09. The van der Waals surface area contributed by atoms with E-state index in [0.29, 0.717) is 6.04 Å². The molecule has 6 heteroatoms. The first-order valence-corrected chi connectivity index (χ1v) is 6.50. The Morgan fingerprint density at radius 1 is 1.32 bits per heavy atom. The van der Waals surface area contributed by atoms with E-state index in [1.807, 2.05) is 6.07 Å². The summed E-state index contributed by atoms with van der Waals surface area (Å²) in [5.74, 6) is 0.467. The molecule has 0 unspecified atom stereocenters. The maximum absolute atomic E-state index is 13.3. The van der Waals surface area contributed by atoms with Gasteiger partial charge in [-0.2, -0.15) is 0 Å². The minimum absolute atomic E-state index is 0. The van der Waals surface area contributed by atoms with Crippen molar-refractivity contribution in [3.8, 4) is 0 Å². The number of hydrogen-bond acceptors (Lipinski definition) is 2. The standard InChI is InChI=1S/C13H16ClFN2.2ClH/c14-11-2-1-9(5-12(11)15)6-17-7-10-3-4-16-13(10)8-17;;/h1-2,5,10,13,16H,3-4,6-8H2;2*1H/t10-,13+;;/m1../s1. The zero-order valence-electron chi connectivity index (χ0n) is 10.4. The van der Waals surface area contributed by atoms with Crippen molar-refractivity contribution < 1.29 is 4.39 Å². The molecule has 1 aromatic carbocycles. The minimum atomic E-state index is -0.318.